The fourth-order valence-corrected chi connectivity index (χ4v) is 2.53. The summed E-state index contributed by atoms with van der Waals surface area (Å²) in [5.74, 6) is -0.782. The van der Waals surface area contributed by atoms with Crippen molar-refractivity contribution < 1.29 is 13.9 Å². The minimum absolute atomic E-state index is 0.162. The highest BCUT2D eigenvalue weighted by atomic mass is 19.1. The lowest BCUT2D eigenvalue weighted by molar-refractivity contribution is -0.123. The molecule has 0 radical (unpaired) electrons. The number of hydrogen-bond acceptors (Lipinski definition) is 4. The quantitative estimate of drug-likeness (QED) is 0.850. The van der Waals surface area contributed by atoms with Crippen LogP contribution in [0.25, 0.3) is 0 Å². The molecule has 1 aliphatic heterocycles. The maximum Gasteiger partial charge on any atom is 0.239 e. The molecule has 1 atom stereocenters. The summed E-state index contributed by atoms with van der Waals surface area (Å²) in [6.07, 6.45) is 0.933. The van der Waals surface area contributed by atoms with Gasteiger partial charge in [0, 0.05) is 19.6 Å². The predicted molar refractivity (Wildman–Crippen MR) is 73.9 cm³/mol. The van der Waals surface area contributed by atoms with E-state index in [1.807, 2.05) is 4.90 Å². The molecule has 0 spiro atoms. The zero-order valence-corrected chi connectivity index (χ0v) is 11.6. The molecule has 0 saturated carbocycles. The van der Waals surface area contributed by atoms with Crippen molar-refractivity contribution in [3.05, 3.63) is 29.6 Å². The molecule has 1 saturated heterocycles. The predicted octanol–water partition coefficient (Wildman–Crippen LogP) is 0.656. The number of methoxy groups -OCH3 is 1. The molecule has 1 fully saturated rings. The van der Waals surface area contributed by atoms with Gasteiger partial charge in [0.15, 0.2) is 11.6 Å². The third-order valence-corrected chi connectivity index (χ3v) is 3.50. The summed E-state index contributed by atoms with van der Waals surface area (Å²) >= 11 is 0. The zero-order chi connectivity index (χ0) is 14.5. The molecule has 1 aromatic rings. The van der Waals surface area contributed by atoms with Crippen LogP contribution in [0.15, 0.2) is 18.2 Å². The van der Waals surface area contributed by atoms with Crippen LogP contribution >= 0.6 is 0 Å². The Bertz CT molecular complexity index is 473. The summed E-state index contributed by atoms with van der Waals surface area (Å²) in [6, 6.07) is 3.94. The molecule has 0 aromatic heterocycles. The first-order valence-corrected chi connectivity index (χ1v) is 6.71. The Balaban J connectivity index is 2.27. The highest BCUT2D eigenvalue weighted by molar-refractivity contribution is 5.81. The lowest BCUT2D eigenvalue weighted by Gasteiger charge is -2.28. The van der Waals surface area contributed by atoms with E-state index in [0.717, 1.165) is 26.1 Å². The number of nitrogens with one attached hydrogen (secondary N) is 1. The number of hydrogen-bond donors (Lipinski definition) is 2. The van der Waals surface area contributed by atoms with Crippen molar-refractivity contribution >= 4 is 5.91 Å². The Labute approximate surface area is 117 Å². The van der Waals surface area contributed by atoms with Crippen molar-refractivity contribution in [1.82, 2.24) is 10.2 Å². The van der Waals surface area contributed by atoms with Crippen molar-refractivity contribution in [2.45, 2.75) is 12.5 Å². The number of carbonyl (C=O) groups is 1. The molecule has 6 heteroatoms. The van der Waals surface area contributed by atoms with Crippen LogP contribution in [0.1, 0.15) is 18.0 Å². The minimum atomic E-state index is -0.602. The molecule has 1 aliphatic rings. The highest BCUT2D eigenvalue weighted by Crippen LogP contribution is 2.26. The summed E-state index contributed by atoms with van der Waals surface area (Å²) < 4.78 is 18.7. The minimum Gasteiger partial charge on any atom is -0.494 e. The van der Waals surface area contributed by atoms with Gasteiger partial charge in [0.05, 0.1) is 7.11 Å². The van der Waals surface area contributed by atoms with Crippen LogP contribution in [-0.4, -0.2) is 44.1 Å². The van der Waals surface area contributed by atoms with Gasteiger partial charge in [-0.05, 0) is 30.7 Å². The molecule has 3 N–H and O–H groups in total. The monoisotopic (exact) mass is 281 g/mol. The molecule has 1 amide bonds. The highest BCUT2D eigenvalue weighted by Gasteiger charge is 2.27. The van der Waals surface area contributed by atoms with E-state index in [0.29, 0.717) is 12.1 Å². The SMILES string of the molecule is COc1ccc(C(C(N)=O)N2CCCNCC2)cc1F. The van der Waals surface area contributed by atoms with Crippen LogP contribution in [0.4, 0.5) is 4.39 Å². The first-order valence-electron chi connectivity index (χ1n) is 6.71. The van der Waals surface area contributed by atoms with E-state index in [-0.39, 0.29) is 5.75 Å². The number of carbonyl (C=O) groups excluding carboxylic acids is 1. The van der Waals surface area contributed by atoms with Crippen molar-refractivity contribution in [2.75, 3.05) is 33.3 Å². The summed E-state index contributed by atoms with van der Waals surface area (Å²) in [4.78, 5) is 13.8. The standard InChI is InChI=1S/C14H20FN3O2/c1-20-12-4-3-10(9-11(12)15)13(14(16)19)18-7-2-5-17-6-8-18/h3-4,9,13,17H,2,5-8H2,1H3,(H2,16,19). The number of benzene rings is 1. The van der Waals surface area contributed by atoms with E-state index < -0.39 is 17.8 Å². The summed E-state index contributed by atoms with van der Waals surface area (Å²) in [5, 5.41) is 3.26. The van der Waals surface area contributed by atoms with E-state index in [1.165, 1.54) is 19.2 Å². The van der Waals surface area contributed by atoms with Crippen molar-refractivity contribution in [3.63, 3.8) is 0 Å². The molecular formula is C14H20FN3O2. The molecule has 1 unspecified atom stereocenters. The molecule has 0 aliphatic carbocycles. The third-order valence-electron chi connectivity index (χ3n) is 3.50. The maximum atomic E-state index is 13.8. The number of primary amides is 1. The van der Waals surface area contributed by atoms with Crippen molar-refractivity contribution in [3.8, 4) is 5.75 Å². The van der Waals surface area contributed by atoms with E-state index >= 15 is 0 Å². The number of rotatable bonds is 4. The third kappa shape index (κ3) is 3.26. The number of amides is 1. The van der Waals surface area contributed by atoms with Crippen molar-refractivity contribution in [1.29, 1.82) is 0 Å². The van der Waals surface area contributed by atoms with Gasteiger partial charge in [0.2, 0.25) is 5.91 Å². The molecule has 20 heavy (non-hydrogen) atoms. The normalized spacial score (nSPS) is 18.3. The van der Waals surface area contributed by atoms with Gasteiger partial charge < -0.3 is 15.8 Å². The second-order valence-corrected chi connectivity index (χ2v) is 4.84. The lowest BCUT2D eigenvalue weighted by atomic mass is 10.0. The summed E-state index contributed by atoms with van der Waals surface area (Å²) in [7, 11) is 1.41. The van der Waals surface area contributed by atoms with Crippen LogP contribution in [0.5, 0.6) is 5.75 Å². The topological polar surface area (TPSA) is 67.6 Å². The van der Waals surface area contributed by atoms with Gasteiger partial charge in [-0.2, -0.15) is 0 Å². The number of nitrogens with zero attached hydrogens (tertiary/aromatic N) is 1. The Hall–Kier alpha value is -1.66. The number of ether oxygens (including phenoxy) is 1. The summed E-state index contributed by atoms with van der Waals surface area (Å²) in [5.41, 5.74) is 6.08. The molecule has 0 bridgehead atoms. The van der Waals surface area contributed by atoms with Gasteiger partial charge in [-0.1, -0.05) is 6.07 Å². The van der Waals surface area contributed by atoms with E-state index in [4.69, 9.17) is 10.5 Å². The Morgan fingerprint density at radius 1 is 1.45 bits per heavy atom. The zero-order valence-electron chi connectivity index (χ0n) is 11.6. The maximum absolute atomic E-state index is 13.8. The van der Waals surface area contributed by atoms with Crippen molar-refractivity contribution in [2.24, 2.45) is 5.73 Å². The summed E-state index contributed by atoms with van der Waals surface area (Å²) in [6.45, 7) is 3.18. The second kappa shape index (κ2) is 6.67. The van der Waals surface area contributed by atoms with Gasteiger partial charge in [-0.25, -0.2) is 4.39 Å². The molecule has 1 aromatic carbocycles. The average Bonchev–Trinajstić information content (AvgIpc) is 2.68. The second-order valence-electron chi connectivity index (χ2n) is 4.84. The first kappa shape index (κ1) is 14.7. The molecule has 110 valence electrons. The molecule has 1 heterocycles. The van der Waals surface area contributed by atoms with Crippen LogP contribution in [0.3, 0.4) is 0 Å². The van der Waals surface area contributed by atoms with Crippen LogP contribution in [0.2, 0.25) is 0 Å². The average molecular weight is 281 g/mol. The first-order chi connectivity index (χ1) is 9.63. The van der Waals surface area contributed by atoms with E-state index in [9.17, 15) is 9.18 Å². The fraction of sp³-hybridized carbons (Fsp3) is 0.500. The molecular weight excluding hydrogens is 261 g/mol. The Morgan fingerprint density at radius 2 is 2.25 bits per heavy atom. The fourth-order valence-electron chi connectivity index (χ4n) is 2.53. The number of nitrogens with two attached hydrogens (primary N) is 1. The van der Waals surface area contributed by atoms with Gasteiger partial charge >= 0.3 is 0 Å². The number of halogens is 1. The lowest BCUT2D eigenvalue weighted by Crippen LogP contribution is -2.39. The smallest absolute Gasteiger partial charge is 0.239 e. The van der Waals surface area contributed by atoms with E-state index in [1.54, 1.807) is 6.07 Å². The van der Waals surface area contributed by atoms with Gasteiger partial charge in [-0.3, -0.25) is 9.69 Å². The molecule has 5 nitrogen and oxygen atoms in total. The van der Waals surface area contributed by atoms with Crippen LogP contribution < -0.4 is 15.8 Å². The van der Waals surface area contributed by atoms with Gasteiger partial charge in [0.25, 0.3) is 0 Å². The van der Waals surface area contributed by atoms with Crippen LogP contribution in [-0.2, 0) is 4.79 Å². The molecule has 2 rings (SSSR count). The van der Waals surface area contributed by atoms with Crippen LogP contribution in [0, 0.1) is 5.82 Å². The van der Waals surface area contributed by atoms with E-state index in [2.05, 4.69) is 5.32 Å². The van der Waals surface area contributed by atoms with Gasteiger partial charge in [0.1, 0.15) is 6.04 Å². The Morgan fingerprint density at radius 3 is 2.90 bits per heavy atom. The Kier molecular flexibility index (Phi) is 4.92. The largest absolute Gasteiger partial charge is 0.494 e. The van der Waals surface area contributed by atoms with Gasteiger partial charge in [-0.15, -0.1) is 0 Å².